The van der Waals surface area contributed by atoms with E-state index in [-0.39, 0.29) is 11.8 Å². The van der Waals surface area contributed by atoms with E-state index < -0.39 is 0 Å². The quantitative estimate of drug-likeness (QED) is 0.593. The molecule has 0 aliphatic heterocycles. The molecule has 2 aromatic heterocycles. The number of hydrogen-bond donors (Lipinski definition) is 3. The molecule has 3 rings (SSSR count). The maximum atomic E-state index is 12.2. The molecule has 0 aliphatic carbocycles. The second-order valence-corrected chi connectivity index (χ2v) is 6.77. The van der Waals surface area contributed by atoms with E-state index in [1.165, 1.54) is 0 Å². The maximum Gasteiger partial charge on any atom is 0.272 e. The molecule has 0 saturated heterocycles. The van der Waals surface area contributed by atoms with Gasteiger partial charge in [-0.2, -0.15) is 5.10 Å². The third-order valence-corrected chi connectivity index (χ3v) is 4.67. The Labute approximate surface area is 155 Å². The van der Waals surface area contributed by atoms with Gasteiger partial charge in [0.2, 0.25) is 5.91 Å². The highest BCUT2D eigenvalue weighted by atomic mass is 32.1. The number of benzene rings is 1. The summed E-state index contributed by atoms with van der Waals surface area (Å²) in [5.41, 5.74) is 2.89. The maximum absolute atomic E-state index is 12.2. The molecule has 0 spiro atoms. The first-order valence-corrected chi connectivity index (χ1v) is 9.30. The SMILES string of the molecule is CCCC(=O)Nc1ccc(CNC(=O)c2cc(-c3cccs3)[nH]n2)cc1. The van der Waals surface area contributed by atoms with Crippen LogP contribution in [0.4, 0.5) is 5.69 Å². The van der Waals surface area contributed by atoms with Crippen molar-refractivity contribution in [1.82, 2.24) is 15.5 Å². The molecule has 0 saturated carbocycles. The predicted octanol–water partition coefficient (Wildman–Crippen LogP) is 3.81. The summed E-state index contributed by atoms with van der Waals surface area (Å²) in [6.45, 7) is 2.36. The molecule has 3 N–H and O–H groups in total. The topological polar surface area (TPSA) is 86.9 Å². The van der Waals surface area contributed by atoms with Crippen molar-refractivity contribution in [2.75, 3.05) is 5.32 Å². The van der Waals surface area contributed by atoms with Crippen molar-refractivity contribution in [3.8, 4) is 10.6 Å². The Kier molecular flexibility index (Phi) is 5.80. The highest BCUT2D eigenvalue weighted by Gasteiger charge is 2.11. The van der Waals surface area contributed by atoms with Crippen LogP contribution in [0.15, 0.2) is 47.8 Å². The Morgan fingerprint density at radius 2 is 2.00 bits per heavy atom. The molecule has 0 unspecified atom stereocenters. The van der Waals surface area contributed by atoms with Gasteiger partial charge in [0.1, 0.15) is 0 Å². The zero-order valence-corrected chi connectivity index (χ0v) is 15.2. The third-order valence-electron chi connectivity index (χ3n) is 3.76. The minimum absolute atomic E-state index is 0.00799. The summed E-state index contributed by atoms with van der Waals surface area (Å²) < 4.78 is 0. The van der Waals surface area contributed by atoms with Crippen LogP contribution < -0.4 is 10.6 Å². The summed E-state index contributed by atoms with van der Waals surface area (Å²) in [6, 6.07) is 13.1. The number of aromatic amines is 1. The number of nitrogens with one attached hydrogen (secondary N) is 3. The van der Waals surface area contributed by atoms with Gasteiger partial charge in [-0.25, -0.2) is 0 Å². The predicted molar refractivity (Wildman–Crippen MR) is 103 cm³/mol. The number of nitrogens with zero attached hydrogens (tertiary/aromatic N) is 1. The molecule has 0 bridgehead atoms. The molecule has 0 aliphatic rings. The standard InChI is InChI=1S/C19H20N4O2S/c1-2-4-18(24)21-14-8-6-13(7-9-14)12-20-19(25)16-11-15(22-23-16)17-5-3-10-26-17/h3,5-11H,2,4,12H2,1H3,(H,20,25)(H,21,24)(H,22,23). The summed E-state index contributed by atoms with van der Waals surface area (Å²) in [4.78, 5) is 24.9. The lowest BCUT2D eigenvalue weighted by Crippen LogP contribution is -2.23. The Hall–Kier alpha value is -2.93. The van der Waals surface area contributed by atoms with Gasteiger partial charge in [-0.3, -0.25) is 14.7 Å². The van der Waals surface area contributed by atoms with Gasteiger partial charge in [0.25, 0.3) is 5.91 Å². The average Bonchev–Trinajstić information content (AvgIpc) is 3.32. The number of amides is 2. The van der Waals surface area contributed by atoms with E-state index in [1.807, 2.05) is 48.7 Å². The lowest BCUT2D eigenvalue weighted by Gasteiger charge is -2.07. The van der Waals surface area contributed by atoms with Crippen LogP contribution in [0.25, 0.3) is 10.6 Å². The van der Waals surface area contributed by atoms with E-state index in [0.717, 1.165) is 28.2 Å². The summed E-state index contributed by atoms with van der Waals surface area (Å²) >= 11 is 1.59. The van der Waals surface area contributed by atoms with Crippen LogP contribution in [0.1, 0.15) is 35.8 Å². The van der Waals surface area contributed by atoms with E-state index in [1.54, 1.807) is 17.4 Å². The highest BCUT2D eigenvalue weighted by Crippen LogP contribution is 2.22. The van der Waals surface area contributed by atoms with Crippen LogP contribution in [0, 0.1) is 0 Å². The van der Waals surface area contributed by atoms with Gasteiger partial charge in [-0.15, -0.1) is 11.3 Å². The summed E-state index contributed by atoms with van der Waals surface area (Å²) in [5, 5.41) is 14.6. The fourth-order valence-corrected chi connectivity index (χ4v) is 3.12. The number of rotatable bonds is 7. The highest BCUT2D eigenvalue weighted by molar-refractivity contribution is 7.13. The molecule has 26 heavy (non-hydrogen) atoms. The van der Waals surface area contributed by atoms with Gasteiger partial charge in [-0.1, -0.05) is 25.1 Å². The second kappa shape index (κ2) is 8.44. The van der Waals surface area contributed by atoms with Crippen LogP contribution in [-0.4, -0.2) is 22.0 Å². The molecule has 0 atom stereocenters. The van der Waals surface area contributed by atoms with E-state index >= 15 is 0 Å². The Balaban J connectivity index is 1.54. The van der Waals surface area contributed by atoms with Gasteiger partial charge in [-0.05, 0) is 41.6 Å². The number of carbonyl (C=O) groups excluding carboxylic acids is 2. The fourth-order valence-electron chi connectivity index (χ4n) is 2.43. The van der Waals surface area contributed by atoms with Crippen LogP contribution >= 0.6 is 11.3 Å². The third kappa shape index (κ3) is 4.58. The zero-order valence-electron chi connectivity index (χ0n) is 14.4. The normalized spacial score (nSPS) is 10.5. The van der Waals surface area contributed by atoms with Crippen molar-refractivity contribution < 1.29 is 9.59 Å². The van der Waals surface area contributed by atoms with E-state index in [9.17, 15) is 9.59 Å². The van der Waals surface area contributed by atoms with Crippen molar-refractivity contribution in [2.45, 2.75) is 26.3 Å². The van der Waals surface area contributed by atoms with E-state index in [4.69, 9.17) is 0 Å². The lowest BCUT2D eigenvalue weighted by atomic mass is 10.2. The van der Waals surface area contributed by atoms with Gasteiger partial charge >= 0.3 is 0 Å². The monoisotopic (exact) mass is 368 g/mol. The van der Waals surface area contributed by atoms with Gasteiger partial charge < -0.3 is 10.6 Å². The largest absolute Gasteiger partial charge is 0.347 e. The van der Waals surface area contributed by atoms with Crippen LogP contribution in [-0.2, 0) is 11.3 Å². The number of anilines is 1. The summed E-state index contributed by atoms with van der Waals surface area (Å²) in [7, 11) is 0. The number of aromatic nitrogens is 2. The molecule has 1 aromatic carbocycles. The zero-order chi connectivity index (χ0) is 18.4. The number of hydrogen-bond acceptors (Lipinski definition) is 4. The van der Waals surface area contributed by atoms with E-state index in [2.05, 4.69) is 20.8 Å². The Morgan fingerprint density at radius 1 is 1.19 bits per heavy atom. The van der Waals surface area contributed by atoms with Gasteiger partial charge in [0.05, 0.1) is 10.6 Å². The average molecular weight is 368 g/mol. The smallest absolute Gasteiger partial charge is 0.272 e. The molecule has 6 nitrogen and oxygen atoms in total. The van der Waals surface area contributed by atoms with Crippen molar-refractivity contribution in [3.63, 3.8) is 0 Å². The molecular formula is C19H20N4O2S. The van der Waals surface area contributed by atoms with Crippen molar-refractivity contribution >= 4 is 28.8 Å². The minimum Gasteiger partial charge on any atom is -0.347 e. The molecule has 2 heterocycles. The molecule has 0 fully saturated rings. The van der Waals surface area contributed by atoms with Crippen molar-refractivity contribution in [1.29, 1.82) is 0 Å². The van der Waals surface area contributed by atoms with Gasteiger partial charge in [0, 0.05) is 18.7 Å². The molecule has 0 radical (unpaired) electrons. The molecule has 3 aromatic rings. The van der Waals surface area contributed by atoms with Crippen LogP contribution in [0.2, 0.25) is 0 Å². The number of H-pyrrole nitrogens is 1. The minimum atomic E-state index is -0.232. The number of carbonyl (C=O) groups is 2. The molecule has 7 heteroatoms. The van der Waals surface area contributed by atoms with Crippen LogP contribution in [0.3, 0.4) is 0 Å². The van der Waals surface area contributed by atoms with E-state index in [0.29, 0.717) is 18.7 Å². The molecular weight excluding hydrogens is 348 g/mol. The Morgan fingerprint density at radius 3 is 2.69 bits per heavy atom. The fraction of sp³-hybridized carbons (Fsp3) is 0.211. The number of thiophene rings is 1. The Bertz CT molecular complexity index is 869. The first kappa shape index (κ1) is 17.9. The first-order valence-electron chi connectivity index (χ1n) is 8.42. The van der Waals surface area contributed by atoms with Crippen LogP contribution in [0.5, 0.6) is 0 Å². The van der Waals surface area contributed by atoms with Gasteiger partial charge in [0.15, 0.2) is 5.69 Å². The molecule has 134 valence electrons. The van der Waals surface area contributed by atoms with Crippen molar-refractivity contribution in [2.24, 2.45) is 0 Å². The second-order valence-electron chi connectivity index (χ2n) is 5.82. The molecule has 2 amide bonds. The van der Waals surface area contributed by atoms with Crippen molar-refractivity contribution in [3.05, 3.63) is 59.1 Å². The first-order chi connectivity index (χ1) is 12.7. The summed E-state index contributed by atoms with van der Waals surface area (Å²) in [5.74, 6) is -0.224. The summed E-state index contributed by atoms with van der Waals surface area (Å²) in [6.07, 6.45) is 1.33. The lowest BCUT2D eigenvalue weighted by molar-refractivity contribution is -0.116.